The van der Waals surface area contributed by atoms with E-state index in [0.717, 1.165) is 83.2 Å². The SMILES string of the molecule is C=N/C(=C\C=C/Cc1ccc(Cl)cc1F)C1=CCN(Cc2nc3c(n2S)=CCC(NC(=O)c2cc(C)c(NC)c(C4(C=O)CC4)c2)C=3)CC1. The maximum atomic E-state index is 14.1. The van der Waals surface area contributed by atoms with Gasteiger partial charge >= 0.3 is 0 Å². The lowest BCUT2D eigenvalue weighted by molar-refractivity contribution is -0.109. The molecule has 1 amide bonds. The summed E-state index contributed by atoms with van der Waals surface area (Å²) in [6.07, 6.45) is 16.4. The lowest BCUT2D eigenvalue weighted by Crippen LogP contribution is -2.40. The van der Waals surface area contributed by atoms with Crippen molar-refractivity contribution in [3.8, 4) is 0 Å². The molecule has 3 aromatic rings. The van der Waals surface area contributed by atoms with Crippen LogP contribution >= 0.6 is 24.4 Å². The zero-order chi connectivity index (χ0) is 34.7. The van der Waals surface area contributed by atoms with E-state index < -0.39 is 5.41 Å². The number of allylic oxidation sites excluding steroid dienone is 4. The Morgan fingerprint density at radius 2 is 2.08 bits per heavy atom. The van der Waals surface area contributed by atoms with E-state index >= 15 is 0 Å². The molecule has 49 heavy (non-hydrogen) atoms. The number of aromatic nitrogens is 2. The summed E-state index contributed by atoms with van der Waals surface area (Å²) >= 11 is 10.6. The average Bonchev–Trinajstić information content (AvgIpc) is 3.84. The quantitative estimate of drug-likeness (QED) is 0.104. The highest BCUT2D eigenvalue weighted by Gasteiger charge is 2.46. The van der Waals surface area contributed by atoms with Crippen molar-refractivity contribution in [2.24, 2.45) is 4.99 Å². The predicted octanol–water partition coefficient (Wildman–Crippen LogP) is 5.23. The summed E-state index contributed by atoms with van der Waals surface area (Å²) in [5.41, 5.74) is 5.29. The number of imidazole rings is 1. The molecule has 2 aromatic carbocycles. The van der Waals surface area contributed by atoms with Gasteiger partial charge < -0.3 is 15.4 Å². The normalized spacial score (nSPS) is 18.6. The molecule has 0 spiro atoms. The molecule has 11 heteroatoms. The molecule has 1 atom stereocenters. The second-order valence-corrected chi connectivity index (χ2v) is 13.7. The third kappa shape index (κ3) is 7.51. The number of thiol groups is 1. The number of benzene rings is 2. The average molecular weight is 699 g/mol. The number of aldehydes is 1. The maximum absolute atomic E-state index is 14.1. The summed E-state index contributed by atoms with van der Waals surface area (Å²) in [7, 11) is 1.84. The Labute approximate surface area is 296 Å². The number of fused-ring (bicyclic) bond motifs is 1. The van der Waals surface area contributed by atoms with E-state index in [9.17, 15) is 14.0 Å². The number of amides is 1. The molecular formula is C38H40ClFN6O2S. The minimum absolute atomic E-state index is 0.179. The fraction of sp³-hybridized carbons (Fsp3) is 0.316. The topological polar surface area (TPSA) is 91.6 Å². The summed E-state index contributed by atoms with van der Waals surface area (Å²) in [5.74, 6) is 0.329. The van der Waals surface area contributed by atoms with Gasteiger partial charge in [-0.3, -0.25) is 18.7 Å². The molecule has 2 heterocycles. The first-order chi connectivity index (χ1) is 23.6. The van der Waals surface area contributed by atoms with Gasteiger partial charge in [-0.25, -0.2) is 9.37 Å². The van der Waals surface area contributed by atoms with Crippen molar-refractivity contribution >= 4 is 61.2 Å². The Hall–Kier alpha value is -4.25. The van der Waals surface area contributed by atoms with Crippen LogP contribution in [-0.4, -0.2) is 58.9 Å². The van der Waals surface area contributed by atoms with Crippen molar-refractivity contribution in [1.29, 1.82) is 0 Å². The molecule has 0 bridgehead atoms. The zero-order valence-electron chi connectivity index (χ0n) is 27.7. The highest BCUT2D eigenvalue weighted by molar-refractivity contribution is 7.78. The molecule has 1 saturated carbocycles. The fourth-order valence-corrected chi connectivity index (χ4v) is 7.03. The number of hydrogen-bond acceptors (Lipinski definition) is 7. The first-order valence-electron chi connectivity index (χ1n) is 16.4. The van der Waals surface area contributed by atoms with Gasteiger partial charge in [-0.05, 0) is 104 Å². The molecule has 1 unspecified atom stereocenters. The highest BCUT2D eigenvalue weighted by atomic mass is 35.5. The van der Waals surface area contributed by atoms with Gasteiger partial charge in [-0.2, -0.15) is 0 Å². The largest absolute Gasteiger partial charge is 0.388 e. The molecule has 2 N–H and O–H groups in total. The molecule has 1 fully saturated rings. The molecule has 1 aromatic heterocycles. The van der Waals surface area contributed by atoms with Gasteiger partial charge in [-0.15, -0.1) is 0 Å². The molecule has 3 aliphatic rings. The molecule has 0 saturated heterocycles. The maximum Gasteiger partial charge on any atom is 0.251 e. The number of aliphatic imine (C=N–C) groups is 1. The standard InChI is InChI=1S/C38H40ClFN6O2S/c1-24-18-27(19-30(36(24)42-3)38(23-47)14-15-38)37(48)43-29-10-11-34-33(21-29)44-35(46(34)49)22-45-16-12-26(13-17-45)32(41-2)7-5-4-6-25-8-9-28(39)20-31(25)40/h4-5,7-9,11-12,18-21,23,29,42,49H,2,6,10,13-17,22H2,1,3H3,(H,43,48)/b5-4-,32-7-. The number of rotatable bonds is 12. The Morgan fingerprint density at radius 3 is 2.76 bits per heavy atom. The molecule has 6 rings (SSSR count). The summed E-state index contributed by atoms with van der Waals surface area (Å²) in [6.45, 7) is 7.86. The molecule has 1 aliphatic heterocycles. The first kappa shape index (κ1) is 34.6. The monoisotopic (exact) mass is 698 g/mol. The van der Waals surface area contributed by atoms with Crippen LogP contribution in [0, 0.1) is 12.7 Å². The van der Waals surface area contributed by atoms with E-state index in [1.165, 1.54) is 6.07 Å². The van der Waals surface area contributed by atoms with Gasteiger partial charge in [0.05, 0.1) is 34.4 Å². The van der Waals surface area contributed by atoms with E-state index in [1.807, 2.05) is 54.4 Å². The number of halogens is 2. The van der Waals surface area contributed by atoms with Gasteiger partial charge in [0.15, 0.2) is 0 Å². The van der Waals surface area contributed by atoms with Crippen molar-refractivity contribution in [2.45, 2.75) is 57.0 Å². The third-order valence-electron chi connectivity index (χ3n) is 9.52. The van der Waals surface area contributed by atoms with E-state index in [4.69, 9.17) is 29.4 Å². The van der Waals surface area contributed by atoms with Gasteiger partial charge in [0, 0.05) is 36.4 Å². The number of anilines is 1. The minimum atomic E-state index is -0.499. The van der Waals surface area contributed by atoms with Crippen molar-refractivity contribution in [3.05, 3.63) is 116 Å². The van der Waals surface area contributed by atoms with Gasteiger partial charge in [0.25, 0.3) is 5.91 Å². The second kappa shape index (κ2) is 14.7. The number of nitrogens with one attached hydrogen (secondary N) is 2. The van der Waals surface area contributed by atoms with Crippen LogP contribution in [0.2, 0.25) is 5.02 Å². The Bertz CT molecular complexity index is 2030. The Kier molecular flexibility index (Phi) is 10.4. The van der Waals surface area contributed by atoms with Crippen LogP contribution in [0.3, 0.4) is 0 Å². The van der Waals surface area contributed by atoms with Crippen molar-refractivity contribution in [2.75, 3.05) is 25.5 Å². The van der Waals surface area contributed by atoms with Crippen LogP contribution in [0.25, 0.3) is 12.2 Å². The number of hydrogen-bond donors (Lipinski definition) is 3. The molecular weight excluding hydrogens is 659 g/mol. The lowest BCUT2D eigenvalue weighted by atomic mass is 9.91. The summed E-state index contributed by atoms with van der Waals surface area (Å²) in [4.78, 5) is 36.7. The van der Waals surface area contributed by atoms with Gasteiger partial charge in [0.2, 0.25) is 0 Å². The fourth-order valence-electron chi connectivity index (χ4n) is 6.58. The molecule has 254 valence electrons. The van der Waals surface area contributed by atoms with Crippen LogP contribution in [-0.2, 0) is 23.2 Å². The Balaban J connectivity index is 1.09. The van der Waals surface area contributed by atoms with Gasteiger partial charge in [-0.1, -0.05) is 54.8 Å². The van der Waals surface area contributed by atoms with Crippen LogP contribution < -0.4 is 21.3 Å². The Morgan fingerprint density at radius 1 is 1.27 bits per heavy atom. The molecule has 0 radical (unpaired) electrons. The van der Waals surface area contributed by atoms with Crippen LogP contribution in [0.4, 0.5) is 10.1 Å². The smallest absolute Gasteiger partial charge is 0.251 e. The lowest BCUT2D eigenvalue weighted by Gasteiger charge is -2.25. The number of carbonyl (C=O) groups excluding carboxylic acids is 2. The number of nitrogens with zero attached hydrogens (tertiary/aromatic N) is 4. The molecule has 2 aliphatic carbocycles. The van der Waals surface area contributed by atoms with Crippen LogP contribution in [0.5, 0.6) is 0 Å². The minimum Gasteiger partial charge on any atom is -0.388 e. The summed E-state index contributed by atoms with van der Waals surface area (Å²) in [5, 5.41) is 8.45. The van der Waals surface area contributed by atoms with Crippen LogP contribution in [0.1, 0.15) is 58.6 Å². The predicted molar refractivity (Wildman–Crippen MR) is 198 cm³/mol. The third-order valence-corrected chi connectivity index (χ3v) is 10.2. The first-order valence-corrected chi connectivity index (χ1v) is 17.2. The summed E-state index contributed by atoms with van der Waals surface area (Å²) < 4.78 is 15.9. The number of carbonyl (C=O) groups is 2. The van der Waals surface area contributed by atoms with E-state index in [0.29, 0.717) is 35.5 Å². The zero-order valence-corrected chi connectivity index (χ0v) is 29.3. The van der Waals surface area contributed by atoms with E-state index in [1.54, 1.807) is 12.1 Å². The van der Waals surface area contributed by atoms with Crippen molar-refractivity contribution < 1.29 is 14.0 Å². The van der Waals surface area contributed by atoms with Gasteiger partial charge in [0.1, 0.15) is 17.9 Å². The summed E-state index contributed by atoms with van der Waals surface area (Å²) in [6, 6.07) is 8.21. The second-order valence-electron chi connectivity index (χ2n) is 12.8. The number of aryl methyl sites for hydroxylation is 1. The van der Waals surface area contributed by atoms with Crippen molar-refractivity contribution in [1.82, 2.24) is 19.2 Å². The highest BCUT2D eigenvalue weighted by Crippen LogP contribution is 2.50. The molecule has 8 nitrogen and oxygen atoms in total. The van der Waals surface area contributed by atoms with E-state index in [2.05, 4.69) is 39.4 Å². The van der Waals surface area contributed by atoms with Crippen molar-refractivity contribution in [3.63, 3.8) is 0 Å². The van der Waals surface area contributed by atoms with E-state index in [-0.39, 0.29) is 17.8 Å². The van der Waals surface area contributed by atoms with Crippen LogP contribution in [0.15, 0.2) is 70.9 Å².